The molecule has 0 atom stereocenters. The van der Waals surface area contributed by atoms with Crippen LogP contribution in [-0.2, 0) is 6.54 Å². The highest BCUT2D eigenvalue weighted by atomic mass is 79.9. The van der Waals surface area contributed by atoms with E-state index < -0.39 is 0 Å². The van der Waals surface area contributed by atoms with Gasteiger partial charge in [0.1, 0.15) is 0 Å². The smallest absolute Gasteiger partial charge is 0.151 e. The summed E-state index contributed by atoms with van der Waals surface area (Å²) < 4.78 is 0.878. The van der Waals surface area contributed by atoms with Crippen LogP contribution in [0.4, 0.5) is 11.5 Å². The second kappa shape index (κ2) is 5.59. The van der Waals surface area contributed by atoms with Crippen LogP contribution in [0.15, 0.2) is 41.0 Å². The fraction of sp³-hybridized carbons (Fsp3) is 0.154. The molecule has 5 heteroatoms. The van der Waals surface area contributed by atoms with Crippen LogP contribution in [0, 0.1) is 0 Å². The lowest BCUT2D eigenvalue weighted by molar-refractivity contribution is 0.899. The molecule has 0 radical (unpaired) electrons. The molecule has 2 N–H and O–H groups in total. The Morgan fingerprint density at radius 2 is 2.00 bits per heavy atom. The first-order chi connectivity index (χ1) is 8.56. The van der Waals surface area contributed by atoms with E-state index in [9.17, 15) is 0 Å². The lowest BCUT2D eigenvalue weighted by atomic mass is 10.2. The van der Waals surface area contributed by atoms with E-state index in [2.05, 4.69) is 20.9 Å². The van der Waals surface area contributed by atoms with Gasteiger partial charge in [0.25, 0.3) is 0 Å². The minimum atomic E-state index is 0.654. The van der Waals surface area contributed by atoms with Crippen molar-refractivity contribution in [1.29, 1.82) is 0 Å². The van der Waals surface area contributed by atoms with E-state index >= 15 is 0 Å². The SMILES string of the molecule is CN(Cc1ccc(Cl)cc1)c1ncc(Br)cc1N. The van der Waals surface area contributed by atoms with E-state index in [0.717, 1.165) is 27.4 Å². The van der Waals surface area contributed by atoms with Crippen LogP contribution in [0.3, 0.4) is 0 Å². The summed E-state index contributed by atoms with van der Waals surface area (Å²) in [6.07, 6.45) is 1.74. The molecule has 0 aliphatic carbocycles. The van der Waals surface area contributed by atoms with Gasteiger partial charge in [0, 0.05) is 29.3 Å². The summed E-state index contributed by atoms with van der Waals surface area (Å²) >= 11 is 9.20. The molecule has 0 saturated carbocycles. The van der Waals surface area contributed by atoms with Crippen molar-refractivity contribution in [1.82, 2.24) is 4.98 Å². The maximum atomic E-state index is 5.94. The summed E-state index contributed by atoms with van der Waals surface area (Å²) in [5.74, 6) is 0.771. The number of hydrogen-bond donors (Lipinski definition) is 1. The van der Waals surface area contributed by atoms with Gasteiger partial charge in [0.2, 0.25) is 0 Å². The average molecular weight is 327 g/mol. The molecular weight excluding hydrogens is 314 g/mol. The van der Waals surface area contributed by atoms with Crippen LogP contribution in [0.5, 0.6) is 0 Å². The average Bonchev–Trinajstić information content (AvgIpc) is 2.32. The fourth-order valence-corrected chi connectivity index (χ4v) is 2.18. The Balaban J connectivity index is 2.16. The van der Waals surface area contributed by atoms with Crippen molar-refractivity contribution in [2.24, 2.45) is 0 Å². The van der Waals surface area contributed by atoms with Crippen LogP contribution < -0.4 is 10.6 Å². The lowest BCUT2D eigenvalue weighted by Crippen LogP contribution is -2.19. The Hall–Kier alpha value is -1.26. The molecule has 0 bridgehead atoms. The molecule has 18 heavy (non-hydrogen) atoms. The van der Waals surface area contributed by atoms with E-state index in [1.54, 1.807) is 6.20 Å². The quantitative estimate of drug-likeness (QED) is 0.935. The Morgan fingerprint density at radius 3 is 2.61 bits per heavy atom. The number of nitrogens with zero attached hydrogens (tertiary/aromatic N) is 2. The van der Waals surface area contributed by atoms with Crippen LogP contribution in [0.1, 0.15) is 5.56 Å². The van der Waals surface area contributed by atoms with Crippen LogP contribution in [0.25, 0.3) is 0 Å². The predicted molar refractivity (Wildman–Crippen MR) is 79.9 cm³/mol. The molecule has 0 saturated heterocycles. The minimum absolute atomic E-state index is 0.654. The Kier molecular flexibility index (Phi) is 4.09. The molecule has 0 spiro atoms. The number of nitrogens with two attached hydrogens (primary N) is 1. The Bertz CT molecular complexity index is 542. The largest absolute Gasteiger partial charge is 0.396 e. The number of rotatable bonds is 3. The summed E-state index contributed by atoms with van der Waals surface area (Å²) in [5, 5.41) is 0.739. The van der Waals surface area contributed by atoms with Crippen molar-refractivity contribution in [2.45, 2.75) is 6.54 Å². The Morgan fingerprint density at radius 1 is 1.33 bits per heavy atom. The standard InChI is InChI=1S/C13H13BrClN3/c1-18(8-9-2-4-11(15)5-3-9)13-12(16)6-10(14)7-17-13/h2-7H,8,16H2,1H3. The molecule has 94 valence electrons. The normalized spacial score (nSPS) is 10.4. The second-order valence-corrected chi connectivity index (χ2v) is 5.40. The number of aromatic nitrogens is 1. The molecular formula is C13H13BrClN3. The molecule has 1 aromatic heterocycles. The third-order valence-corrected chi connectivity index (χ3v) is 3.24. The third-order valence-electron chi connectivity index (χ3n) is 2.56. The van der Waals surface area contributed by atoms with Crippen LogP contribution in [0.2, 0.25) is 5.02 Å². The van der Waals surface area contributed by atoms with Crippen LogP contribution >= 0.6 is 27.5 Å². The van der Waals surface area contributed by atoms with Crippen molar-refractivity contribution in [3.8, 4) is 0 Å². The first-order valence-electron chi connectivity index (χ1n) is 5.43. The van der Waals surface area contributed by atoms with Gasteiger partial charge >= 0.3 is 0 Å². The number of benzene rings is 1. The highest BCUT2D eigenvalue weighted by molar-refractivity contribution is 9.10. The van der Waals surface area contributed by atoms with Crippen molar-refractivity contribution in [3.63, 3.8) is 0 Å². The zero-order valence-corrected chi connectivity index (χ0v) is 12.2. The predicted octanol–water partition coefficient (Wildman–Crippen LogP) is 3.72. The van der Waals surface area contributed by atoms with Crippen molar-refractivity contribution in [2.75, 3.05) is 17.7 Å². The molecule has 2 aromatic rings. The van der Waals surface area contributed by atoms with E-state index in [4.69, 9.17) is 17.3 Å². The van der Waals surface area contributed by atoms with E-state index in [0.29, 0.717) is 5.69 Å². The zero-order valence-electron chi connectivity index (χ0n) is 9.90. The molecule has 3 nitrogen and oxygen atoms in total. The van der Waals surface area contributed by atoms with E-state index in [1.807, 2.05) is 42.3 Å². The molecule has 2 rings (SSSR count). The summed E-state index contributed by atoms with van der Waals surface area (Å²) in [6.45, 7) is 0.732. The Labute approximate surface area is 120 Å². The fourth-order valence-electron chi connectivity index (χ4n) is 1.71. The third kappa shape index (κ3) is 3.15. The first kappa shape index (κ1) is 13.2. The van der Waals surface area contributed by atoms with Gasteiger partial charge in [-0.2, -0.15) is 0 Å². The van der Waals surface area contributed by atoms with Gasteiger partial charge in [0.15, 0.2) is 5.82 Å². The highest BCUT2D eigenvalue weighted by Gasteiger charge is 2.08. The van der Waals surface area contributed by atoms with Gasteiger partial charge in [-0.05, 0) is 39.7 Å². The topological polar surface area (TPSA) is 42.2 Å². The number of anilines is 2. The summed E-state index contributed by atoms with van der Waals surface area (Å²) in [5.41, 5.74) is 7.76. The summed E-state index contributed by atoms with van der Waals surface area (Å²) in [6, 6.07) is 9.59. The summed E-state index contributed by atoms with van der Waals surface area (Å²) in [7, 11) is 1.96. The number of nitrogen functional groups attached to an aromatic ring is 1. The number of hydrogen-bond acceptors (Lipinski definition) is 3. The number of pyridine rings is 1. The van der Waals surface area contributed by atoms with Gasteiger partial charge in [0.05, 0.1) is 5.69 Å². The molecule has 0 amide bonds. The zero-order chi connectivity index (χ0) is 13.1. The van der Waals surface area contributed by atoms with Gasteiger partial charge < -0.3 is 10.6 Å². The van der Waals surface area contributed by atoms with E-state index in [-0.39, 0.29) is 0 Å². The van der Waals surface area contributed by atoms with Gasteiger partial charge in [-0.3, -0.25) is 0 Å². The first-order valence-corrected chi connectivity index (χ1v) is 6.60. The molecule has 0 unspecified atom stereocenters. The molecule has 0 aliphatic heterocycles. The van der Waals surface area contributed by atoms with Crippen molar-refractivity contribution >= 4 is 39.0 Å². The molecule has 1 heterocycles. The second-order valence-electron chi connectivity index (χ2n) is 4.05. The minimum Gasteiger partial charge on any atom is -0.396 e. The van der Waals surface area contributed by atoms with Crippen molar-refractivity contribution < 1.29 is 0 Å². The maximum absolute atomic E-state index is 5.94. The lowest BCUT2D eigenvalue weighted by Gasteiger charge is -2.20. The summed E-state index contributed by atoms with van der Waals surface area (Å²) in [4.78, 5) is 6.32. The van der Waals surface area contributed by atoms with E-state index in [1.165, 1.54) is 0 Å². The van der Waals surface area contributed by atoms with Gasteiger partial charge in [-0.15, -0.1) is 0 Å². The molecule has 0 aliphatic rings. The van der Waals surface area contributed by atoms with Gasteiger partial charge in [-0.25, -0.2) is 4.98 Å². The highest BCUT2D eigenvalue weighted by Crippen LogP contribution is 2.24. The molecule has 1 aromatic carbocycles. The van der Waals surface area contributed by atoms with Crippen molar-refractivity contribution in [3.05, 3.63) is 51.6 Å². The van der Waals surface area contributed by atoms with Crippen LogP contribution in [-0.4, -0.2) is 12.0 Å². The van der Waals surface area contributed by atoms with Gasteiger partial charge in [-0.1, -0.05) is 23.7 Å². The maximum Gasteiger partial charge on any atom is 0.151 e. The number of halogens is 2. The molecule has 0 fully saturated rings. The monoisotopic (exact) mass is 325 g/mol.